The first-order valence-corrected chi connectivity index (χ1v) is 6.74. The van der Waals surface area contributed by atoms with Crippen molar-refractivity contribution in [3.8, 4) is 23.3 Å². The minimum atomic E-state index is -0.337. The van der Waals surface area contributed by atoms with Gasteiger partial charge in [-0.3, -0.25) is 4.79 Å². The van der Waals surface area contributed by atoms with Crippen molar-refractivity contribution in [1.29, 1.82) is 5.26 Å². The zero-order valence-electron chi connectivity index (χ0n) is 13.0. The number of carbonyl (C=O) groups is 1. The average molecular weight is 312 g/mol. The largest absolute Gasteiger partial charge is 0.493 e. The predicted octanol–water partition coefficient (Wildman–Crippen LogP) is 2.84. The molecule has 0 aromatic heterocycles. The van der Waals surface area contributed by atoms with Gasteiger partial charge in [-0.2, -0.15) is 5.26 Å². The molecule has 2 aromatic rings. The van der Waals surface area contributed by atoms with Gasteiger partial charge >= 0.3 is 0 Å². The molecule has 0 fully saturated rings. The number of hydrogen-bond acceptors (Lipinski definition) is 5. The fourth-order valence-electron chi connectivity index (χ4n) is 2.09. The molecule has 23 heavy (non-hydrogen) atoms. The zero-order valence-corrected chi connectivity index (χ0v) is 13.0. The molecule has 0 spiro atoms. The second-order valence-electron chi connectivity index (χ2n) is 4.56. The van der Waals surface area contributed by atoms with Crippen molar-refractivity contribution in [1.82, 2.24) is 0 Å². The topological polar surface area (TPSA) is 80.6 Å². The van der Waals surface area contributed by atoms with Crippen molar-refractivity contribution in [2.24, 2.45) is 0 Å². The lowest BCUT2D eigenvalue weighted by Crippen LogP contribution is -2.12. The summed E-state index contributed by atoms with van der Waals surface area (Å²) in [5, 5.41) is 11.6. The summed E-state index contributed by atoms with van der Waals surface area (Å²) in [6.45, 7) is 0. The van der Waals surface area contributed by atoms with Gasteiger partial charge in [0.1, 0.15) is 0 Å². The van der Waals surface area contributed by atoms with E-state index in [-0.39, 0.29) is 5.91 Å². The first-order valence-electron chi connectivity index (χ1n) is 6.74. The van der Waals surface area contributed by atoms with Crippen LogP contribution in [-0.4, -0.2) is 27.2 Å². The van der Waals surface area contributed by atoms with E-state index in [1.165, 1.54) is 27.4 Å². The highest BCUT2D eigenvalue weighted by molar-refractivity contribution is 6.04. The summed E-state index contributed by atoms with van der Waals surface area (Å²) < 4.78 is 15.7. The van der Waals surface area contributed by atoms with E-state index < -0.39 is 0 Å². The summed E-state index contributed by atoms with van der Waals surface area (Å²) >= 11 is 0. The number of amides is 1. The van der Waals surface area contributed by atoms with Gasteiger partial charge in [0.2, 0.25) is 5.75 Å². The molecule has 2 aromatic carbocycles. The van der Waals surface area contributed by atoms with Crippen molar-refractivity contribution in [3.63, 3.8) is 0 Å². The van der Waals surface area contributed by atoms with E-state index in [4.69, 9.17) is 19.5 Å². The van der Waals surface area contributed by atoms with Crippen molar-refractivity contribution in [2.75, 3.05) is 26.6 Å². The second kappa shape index (κ2) is 7.18. The number of carbonyl (C=O) groups excluding carboxylic acids is 1. The Morgan fingerprint density at radius 2 is 1.70 bits per heavy atom. The van der Waals surface area contributed by atoms with Gasteiger partial charge in [-0.1, -0.05) is 6.07 Å². The standard InChI is InChI=1S/C17H16N2O4/c1-21-14-8-13(9-15(22-2)16(14)23-3)19-17(20)12-6-4-5-11(7-12)10-18/h4-9H,1-3H3,(H,19,20). The highest BCUT2D eigenvalue weighted by atomic mass is 16.5. The third kappa shape index (κ3) is 3.52. The second-order valence-corrected chi connectivity index (χ2v) is 4.56. The summed E-state index contributed by atoms with van der Waals surface area (Å²) in [7, 11) is 4.50. The molecular formula is C17H16N2O4. The van der Waals surface area contributed by atoms with Gasteiger partial charge in [-0.05, 0) is 18.2 Å². The van der Waals surface area contributed by atoms with Gasteiger partial charge in [0.15, 0.2) is 11.5 Å². The maximum absolute atomic E-state index is 12.3. The number of nitrogens with one attached hydrogen (secondary N) is 1. The smallest absolute Gasteiger partial charge is 0.255 e. The molecule has 0 unspecified atom stereocenters. The van der Waals surface area contributed by atoms with Crippen LogP contribution in [0.25, 0.3) is 0 Å². The van der Waals surface area contributed by atoms with E-state index in [1.54, 1.807) is 30.3 Å². The van der Waals surface area contributed by atoms with Crippen LogP contribution in [0.15, 0.2) is 36.4 Å². The molecule has 0 heterocycles. The summed E-state index contributed by atoms with van der Waals surface area (Å²) in [6, 6.07) is 11.7. The molecule has 6 nitrogen and oxygen atoms in total. The van der Waals surface area contributed by atoms with Crippen molar-refractivity contribution >= 4 is 11.6 Å². The van der Waals surface area contributed by atoms with Crippen LogP contribution in [-0.2, 0) is 0 Å². The Hall–Kier alpha value is -3.20. The Bertz CT molecular complexity index is 740. The maximum atomic E-state index is 12.3. The average Bonchev–Trinajstić information content (AvgIpc) is 2.60. The van der Waals surface area contributed by atoms with E-state index in [0.717, 1.165) is 0 Å². The molecule has 1 amide bonds. The molecule has 2 rings (SSSR count). The number of hydrogen-bond donors (Lipinski definition) is 1. The molecule has 1 N–H and O–H groups in total. The third-order valence-electron chi connectivity index (χ3n) is 3.18. The maximum Gasteiger partial charge on any atom is 0.255 e. The first kappa shape index (κ1) is 16.2. The van der Waals surface area contributed by atoms with Gasteiger partial charge in [-0.15, -0.1) is 0 Å². The summed E-state index contributed by atoms with van der Waals surface area (Å²) in [4.78, 5) is 12.3. The molecule has 0 atom stereocenters. The molecule has 0 saturated carbocycles. The number of ether oxygens (including phenoxy) is 3. The highest BCUT2D eigenvalue weighted by Gasteiger charge is 2.15. The quantitative estimate of drug-likeness (QED) is 0.918. The van der Waals surface area contributed by atoms with Gasteiger partial charge in [-0.25, -0.2) is 0 Å². The number of nitriles is 1. The Morgan fingerprint density at radius 1 is 1.04 bits per heavy atom. The van der Waals surface area contributed by atoms with Crippen LogP contribution in [0.4, 0.5) is 5.69 Å². The highest BCUT2D eigenvalue weighted by Crippen LogP contribution is 2.39. The number of benzene rings is 2. The van der Waals surface area contributed by atoms with Crippen LogP contribution in [0.5, 0.6) is 17.2 Å². The SMILES string of the molecule is COc1cc(NC(=O)c2cccc(C#N)c2)cc(OC)c1OC. The van der Waals surface area contributed by atoms with Crippen LogP contribution in [0.2, 0.25) is 0 Å². The Balaban J connectivity index is 2.32. The summed E-state index contributed by atoms with van der Waals surface area (Å²) in [5.74, 6) is 0.983. The summed E-state index contributed by atoms with van der Waals surface area (Å²) in [6.07, 6.45) is 0. The normalized spacial score (nSPS) is 9.65. The van der Waals surface area contributed by atoms with Crippen LogP contribution in [0, 0.1) is 11.3 Å². The Labute approximate surface area is 134 Å². The molecule has 0 bridgehead atoms. The molecule has 0 aliphatic heterocycles. The lowest BCUT2D eigenvalue weighted by molar-refractivity contribution is 0.102. The third-order valence-corrected chi connectivity index (χ3v) is 3.18. The zero-order chi connectivity index (χ0) is 16.8. The van der Waals surface area contributed by atoms with Crippen LogP contribution in [0.1, 0.15) is 15.9 Å². The molecule has 118 valence electrons. The molecule has 0 aliphatic rings. The van der Waals surface area contributed by atoms with Gasteiger partial charge < -0.3 is 19.5 Å². The van der Waals surface area contributed by atoms with Crippen molar-refractivity contribution in [3.05, 3.63) is 47.5 Å². The van der Waals surface area contributed by atoms with Crippen LogP contribution >= 0.6 is 0 Å². The van der Waals surface area contributed by atoms with Crippen LogP contribution < -0.4 is 19.5 Å². The van der Waals surface area contributed by atoms with Crippen molar-refractivity contribution in [2.45, 2.75) is 0 Å². The van der Waals surface area contributed by atoms with Gasteiger partial charge in [0.05, 0.1) is 33.0 Å². The van der Waals surface area contributed by atoms with Gasteiger partial charge in [0, 0.05) is 23.4 Å². The fourth-order valence-corrected chi connectivity index (χ4v) is 2.09. The molecule has 0 saturated heterocycles. The van der Waals surface area contributed by atoms with E-state index >= 15 is 0 Å². The van der Waals surface area contributed by atoms with Crippen LogP contribution in [0.3, 0.4) is 0 Å². The van der Waals surface area contributed by atoms with Crippen molar-refractivity contribution < 1.29 is 19.0 Å². The predicted molar refractivity (Wildman–Crippen MR) is 85.2 cm³/mol. The molecular weight excluding hydrogens is 296 g/mol. The van der Waals surface area contributed by atoms with Gasteiger partial charge in [0.25, 0.3) is 5.91 Å². The van der Waals surface area contributed by atoms with E-state index in [2.05, 4.69) is 5.32 Å². The van der Waals surface area contributed by atoms with E-state index in [0.29, 0.717) is 34.1 Å². The monoisotopic (exact) mass is 312 g/mol. The Kier molecular flexibility index (Phi) is 5.05. The van der Waals surface area contributed by atoms with E-state index in [1.807, 2.05) is 6.07 Å². The minimum Gasteiger partial charge on any atom is -0.493 e. The molecule has 0 radical (unpaired) electrons. The minimum absolute atomic E-state index is 0.337. The summed E-state index contributed by atoms with van der Waals surface area (Å²) in [5.41, 5.74) is 1.30. The molecule has 6 heteroatoms. The number of nitrogens with zero attached hydrogens (tertiary/aromatic N) is 1. The lowest BCUT2D eigenvalue weighted by atomic mass is 10.1. The fraction of sp³-hybridized carbons (Fsp3) is 0.176. The number of anilines is 1. The number of methoxy groups -OCH3 is 3. The van der Waals surface area contributed by atoms with E-state index in [9.17, 15) is 4.79 Å². The lowest BCUT2D eigenvalue weighted by Gasteiger charge is -2.14. The molecule has 0 aliphatic carbocycles. The number of rotatable bonds is 5. The first-order chi connectivity index (χ1) is 11.1. The Morgan fingerprint density at radius 3 is 2.22 bits per heavy atom.